The molecule has 3 heterocycles. The van der Waals surface area contributed by atoms with E-state index in [2.05, 4.69) is 47.9 Å². The number of hydrogen-bond acceptors (Lipinski definition) is 6. The summed E-state index contributed by atoms with van der Waals surface area (Å²) in [6.45, 7) is 0. The van der Waals surface area contributed by atoms with Crippen LogP contribution in [0, 0.1) is 3.57 Å². The van der Waals surface area contributed by atoms with Gasteiger partial charge in [-0.3, -0.25) is 5.10 Å². The van der Waals surface area contributed by atoms with Crippen LogP contribution in [0.5, 0.6) is 0 Å². The molecule has 0 saturated heterocycles. The molecule has 2 aliphatic carbocycles. The molecule has 0 spiro atoms. The minimum absolute atomic E-state index is 0.451. The number of H-pyrrole nitrogens is 1. The van der Waals surface area contributed by atoms with Crippen molar-refractivity contribution in [1.29, 1.82) is 0 Å². The Kier molecular flexibility index (Phi) is 2.56. The van der Waals surface area contributed by atoms with Gasteiger partial charge in [0.05, 0.1) is 8.96 Å². The highest BCUT2D eigenvalue weighted by atomic mass is 127. The Bertz CT molecular complexity index is 892. The van der Waals surface area contributed by atoms with E-state index in [9.17, 15) is 0 Å². The molecule has 22 heavy (non-hydrogen) atoms. The Morgan fingerprint density at radius 2 is 1.86 bits per heavy atom. The van der Waals surface area contributed by atoms with Crippen LogP contribution in [-0.2, 0) is 0 Å². The van der Waals surface area contributed by atoms with Crippen LogP contribution in [0.2, 0.25) is 0 Å². The summed E-state index contributed by atoms with van der Waals surface area (Å²) in [6.07, 6.45) is 4.61. The van der Waals surface area contributed by atoms with Gasteiger partial charge in [-0.1, -0.05) is 5.16 Å². The number of fused-ring (bicyclic) bond motifs is 1. The lowest BCUT2D eigenvalue weighted by Crippen LogP contribution is -1.99. The van der Waals surface area contributed by atoms with Gasteiger partial charge < -0.3 is 10.3 Å². The number of nitrogens with one attached hydrogen (secondary N) is 1. The molecule has 0 unspecified atom stereocenters. The molecule has 0 atom stereocenters. The Morgan fingerprint density at radius 1 is 1.09 bits per heavy atom. The number of aromatic amines is 1. The molecular weight excluding hydrogens is 395 g/mol. The molecule has 0 bridgehead atoms. The molecule has 0 aromatic carbocycles. The molecule has 2 fully saturated rings. The number of halogens is 1. The van der Waals surface area contributed by atoms with Gasteiger partial charge in [-0.05, 0) is 48.3 Å². The van der Waals surface area contributed by atoms with Gasteiger partial charge in [0.15, 0.2) is 11.4 Å². The molecule has 112 valence electrons. The SMILES string of the molecule is Nc1nc(C2CC2)nc2[nH]nc(-c3noc(C4CC4)c3I)c12. The van der Waals surface area contributed by atoms with E-state index in [0.717, 1.165) is 39.1 Å². The van der Waals surface area contributed by atoms with E-state index in [0.29, 0.717) is 29.0 Å². The number of anilines is 1. The second-order valence-electron chi connectivity index (χ2n) is 6.02. The second-order valence-corrected chi connectivity index (χ2v) is 7.10. The van der Waals surface area contributed by atoms with Gasteiger partial charge in [0, 0.05) is 11.8 Å². The maximum atomic E-state index is 6.16. The molecular formula is C14H13IN6O. The van der Waals surface area contributed by atoms with Gasteiger partial charge in [-0.25, -0.2) is 9.97 Å². The summed E-state index contributed by atoms with van der Waals surface area (Å²) in [4.78, 5) is 9.01. The fraction of sp³-hybridized carbons (Fsp3) is 0.429. The van der Waals surface area contributed by atoms with Gasteiger partial charge in [-0.15, -0.1) is 0 Å². The fourth-order valence-corrected chi connectivity index (χ4v) is 3.60. The summed E-state index contributed by atoms with van der Waals surface area (Å²) < 4.78 is 6.52. The first-order chi connectivity index (χ1) is 10.7. The van der Waals surface area contributed by atoms with Gasteiger partial charge in [0.1, 0.15) is 23.0 Å². The van der Waals surface area contributed by atoms with Crippen molar-refractivity contribution in [2.75, 3.05) is 5.73 Å². The smallest absolute Gasteiger partial charge is 0.161 e. The first-order valence-corrected chi connectivity index (χ1v) is 8.47. The molecule has 8 heteroatoms. The summed E-state index contributed by atoms with van der Waals surface area (Å²) in [5, 5.41) is 12.3. The first-order valence-electron chi connectivity index (χ1n) is 7.39. The molecule has 0 radical (unpaired) electrons. The van der Waals surface area contributed by atoms with Crippen LogP contribution < -0.4 is 5.73 Å². The van der Waals surface area contributed by atoms with E-state index in [-0.39, 0.29) is 0 Å². The number of nitrogen functional groups attached to an aromatic ring is 1. The molecule has 5 rings (SSSR count). The van der Waals surface area contributed by atoms with Crippen LogP contribution in [0.3, 0.4) is 0 Å². The molecule has 3 N–H and O–H groups in total. The zero-order valence-corrected chi connectivity index (χ0v) is 13.8. The normalized spacial score (nSPS) is 18.2. The van der Waals surface area contributed by atoms with Crippen LogP contribution in [0.1, 0.15) is 49.1 Å². The molecule has 7 nitrogen and oxygen atoms in total. The Labute approximate surface area is 139 Å². The number of nitrogens with zero attached hydrogens (tertiary/aromatic N) is 4. The van der Waals surface area contributed by atoms with E-state index in [1.165, 1.54) is 12.8 Å². The van der Waals surface area contributed by atoms with Crippen molar-refractivity contribution in [2.24, 2.45) is 0 Å². The van der Waals surface area contributed by atoms with Crippen molar-refractivity contribution in [3.8, 4) is 11.4 Å². The minimum Gasteiger partial charge on any atom is -0.383 e. The van der Waals surface area contributed by atoms with Gasteiger partial charge >= 0.3 is 0 Å². The second kappa shape index (κ2) is 4.40. The third-order valence-corrected chi connectivity index (χ3v) is 5.28. The summed E-state index contributed by atoms with van der Waals surface area (Å²) in [7, 11) is 0. The number of aromatic nitrogens is 5. The minimum atomic E-state index is 0.451. The van der Waals surface area contributed by atoms with Gasteiger partial charge in [0.2, 0.25) is 0 Å². The number of hydrogen-bond donors (Lipinski definition) is 2. The largest absolute Gasteiger partial charge is 0.383 e. The van der Waals surface area contributed by atoms with Gasteiger partial charge in [0.25, 0.3) is 0 Å². The highest BCUT2D eigenvalue weighted by Gasteiger charge is 2.33. The van der Waals surface area contributed by atoms with Crippen molar-refractivity contribution in [1.82, 2.24) is 25.3 Å². The topological polar surface area (TPSA) is 107 Å². The number of rotatable bonds is 3. The van der Waals surface area contributed by atoms with E-state index in [4.69, 9.17) is 10.3 Å². The average Bonchev–Trinajstić information content (AvgIpc) is 3.42. The van der Waals surface area contributed by atoms with Crippen molar-refractivity contribution >= 4 is 39.4 Å². The summed E-state index contributed by atoms with van der Waals surface area (Å²) in [5.41, 5.74) is 8.24. The van der Waals surface area contributed by atoms with Crippen molar-refractivity contribution in [3.05, 3.63) is 15.2 Å². The fourth-order valence-electron chi connectivity index (χ4n) is 2.71. The zero-order valence-electron chi connectivity index (χ0n) is 11.6. The van der Waals surface area contributed by atoms with Crippen molar-refractivity contribution in [2.45, 2.75) is 37.5 Å². The summed E-state index contributed by atoms with van der Waals surface area (Å²) >= 11 is 2.27. The maximum Gasteiger partial charge on any atom is 0.161 e. The Morgan fingerprint density at radius 3 is 2.59 bits per heavy atom. The Balaban J connectivity index is 1.68. The quantitative estimate of drug-likeness (QED) is 0.646. The third-order valence-electron chi connectivity index (χ3n) is 4.24. The lowest BCUT2D eigenvalue weighted by molar-refractivity contribution is 0.385. The lowest BCUT2D eigenvalue weighted by Gasteiger charge is -2.01. The molecule has 3 aromatic heterocycles. The van der Waals surface area contributed by atoms with Gasteiger partial charge in [-0.2, -0.15) is 5.10 Å². The van der Waals surface area contributed by atoms with E-state index in [1.807, 2.05) is 0 Å². The third kappa shape index (κ3) is 1.86. The molecule has 0 amide bonds. The van der Waals surface area contributed by atoms with Crippen LogP contribution in [0.15, 0.2) is 4.52 Å². The van der Waals surface area contributed by atoms with Crippen LogP contribution in [-0.4, -0.2) is 25.3 Å². The average molecular weight is 408 g/mol. The van der Waals surface area contributed by atoms with E-state index in [1.54, 1.807) is 0 Å². The maximum absolute atomic E-state index is 6.16. The Hall–Kier alpha value is -1.71. The predicted molar refractivity (Wildman–Crippen MR) is 88.3 cm³/mol. The molecule has 0 aliphatic heterocycles. The van der Waals surface area contributed by atoms with Crippen LogP contribution in [0.25, 0.3) is 22.4 Å². The standard InChI is InChI=1S/C14H13IN6O/c15-8-10(21-22-11(8)5-1-2-5)9-7-12(16)17-13(6-3-4-6)18-14(7)20-19-9/h5-6H,1-4H2,(H3,16,17,18,19,20). The highest BCUT2D eigenvalue weighted by molar-refractivity contribution is 14.1. The van der Waals surface area contributed by atoms with E-state index < -0.39 is 0 Å². The van der Waals surface area contributed by atoms with Crippen molar-refractivity contribution in [3.63, 3.8) is 0 Å². The van der Waals surface area contributed by atoms with Crippen molar-refractivity contribution < 1.29 is 4.52 Å². The summed E-state index contributed by atoms with van der Waals surface area (Å²) in [5.74, 6) is 3.19. The van der Waals surface area contributed by atoms with Crippen LogP contribution >= 0.6 is 22.6 Å². The van der Waals surface area contributed by atoms with Crippen LogP contribution in [0.4, 0.5) is 5.82 Å². The molecule has 2 aliphatic rings. The number of nitrogens with two attached hydrogens (primary N) is 1. The monoisotopic (exact) mass is 408 g/mol. The molecule has 2 saturated carbocycles. The summed E-state index contributed by atoms with van der Waals surface area (Å²) in [6, 6.07) is 0. The lowest BCUT2D eigenvalue weighted by atomic mass is 10.2. The highest BCUT2D eigenvalue weighted by Crippen LogP contribution is 2.45. The predicted octanol–water partition coefficient (Wildman–Crippen LogP) is 2.95. The molecule has 3 aromatic rings. The first kappa shape index (κ1) is 12.8. The zero-order chi connectivity index (χ0) is 14.8. The van der Waals surface area contributed by atoms with E-state index >= 15 is 0 Å².